The van der Waals surface area contributed by atoms with Gasteiger partial charge in [-0.3, -0.25) is 4.79 Å². The fourth-order valence-electron chi connectivity index (χ4n) is 2.84. The summed E-state index contributed by atoms with van der Waals surface area (Å²) in [6, 6.07) is 8.68. The Balaban J connectivity index is 1.49. The van der Waals surface area contributed by atoms with Crippen LogP contribution in [0.15, 0.2) is 24.3 Å². The van der Waals surface area contributed by atoms with Crippen molar-refractivity contribution in [3.63, 3.8) is 0 Å². The third-order valence-electron chi connectivity index (χ3n) is 4.08. The van der Waals surface area contributed by atoms with Crippen molar-refractivity contribution < 1.29 is 4.79 Å². The lowest BCUT2D eigenvalue weighted by Gasteiger charge is -2.34. The van der Waals surface area contributed by atoms with Crippen LogP contribution in [0.25, 0.3) is 0 Å². The van der Waals surface area contributed by atoms with Crippen LogP contribution in [0.2, 0.25) is 0 Å². The summed E-state index contributed by atoms with van der Waals surface area (Å²) in [6.07, 6.45) is 1.84. The number of carbonyl (C=O) groups is 1. The number of amides is 1. The number of nitrogen functional groups attached to an aromatic ring is 1. The Bertz CT molecular complexity index is 676. The van der Waals surface area contributed by atoms with Crippen molar-refractivity contribution in [2.45, 2.75) is 32.4 Å². The zero-order valence-corrected chi connectivity index (χ0v) is 13.1. The summed E-state index contributed by atoms with van der Waals surface area (Å²) in [7, 11) is 0. The van der Waals surface area contributed by atoms with Gasteiger partial charge in [-0.15, -0.1) is 0 Å². The smallest absolute Gasteiger partial charge is 0.242 e. The van der Waals surface area contributed by atoms with Gasteiger partial charge in [0.1, 0.15) is 6.54 Å². The van der Waals surface area contributed by atoms with E-state index in [-0.39, 0.29) is 24.4 Å². The highest BCUT2D eigenvalue weighted by Gasteiger charge is 2.21. The maximum Gasteiger partial charge on any atom is 0.242 e. The molecular weight excluding hydrogens is 294 g/mol. The fraction of sp³-hybridized carbons (Fsp3) is 0.467. The van der Waals surface area contributed by atoms with Crippen LogP contribution in [0, 0.1) is 6.92 Å². The van der Waals surface area contributed by atoms with Gasteiger partial charge in [-0.25, -0.2) is 4.68 Å². The average molecular weight is 315 g/mol. The third kappa shape index (κ3) is 3.77. The highest BCUT2D eigenvalue weighted by Crippen LogP contribution is 2.20. The molecule has 1 amide bonds. The predicted octanol–water partition coefficient (Wildman–Crippen LogP) is 0.349. The lowest BCUT2D eigenvalue weighted by Crippen LogP contribution is -2.45. The molecule has 0 bridgehead atoms. The number of anilines is 2. The number of aromatic nitrogens is 4. The van der Waals surface area contributed by atoms with Crippen molar-refractivity contribution in [1.29, 1.82) is 0 Å². The van der Waals surface area contributed by atoms with Gasteiger partial charge < -0.3 is 16.0 Å². The third-order valence-corrected chi connectivity index (χ3v) is 4.08. The monoisotopic (exact) mass is 315 g/mol. The number of benzene rings is 1. The van der Waals surface area contributed by atoms with Gasteiger partial charge in [-0.1, -0.05) is 17.2 Å². The van der Waals surface area contributed by atoms with Crippen molar-refractivity contribution in [2.24, 2.45) is 0 Å². The molecule has 2 heterocycles. The van der Waals surface area contributed by atoms with Gasteiger partial charge >= 0.3 is 0 Å². The summed E-state index contributed by atoms with van der Waals surface area (Å²) in [5.41, 5.74) is 8.06. The number of hydrogen-bond acceptors (Lipinski definition) is 6. The average Bonchev–Trinajstić information content (AvgIpc) is 2.93. The molecule has 0 radical (unpaired) electrons. The van der Waals surface area contributed by atoms with E-state index in [1.54, 1.807) is 0 Å². The van der Waals surface area contributed by atoms with Gasteiger partial charge in [0.05, 0.1) is 0 Å². The van der Waals surface area contributed by atoms with Gasteiger partial charge in [0.2, 0.25) is 11.9 Å². The van der Waals surface area contributed by atoms with E-state index in [9.17, 15) is 4.79 Å². The van der Waals surface area contributed by atoms with E-state index in [4.69, 9.17) is 5.73 Å². The SMILES string of the molecule is Cc1cccc(N2CCC(NC(=O)Cn3nnnc3N)CC2)c1. The molecule has 0 saturated carbocycles. The van der Waals surface area contributed by atoms with Crippen molar-refractivity contribution in [2.75, 3.05) is 23.7 Å². The maximum atomic E-state index is 12.0. The Morgan fingerprint density at radius 1 is 1.39 bits per heavy atom. The molecule has 0 spiro atoms. The first-order valence-electron chi connectivity index (χ1n) is 7.74. The number of carbonyl (C=O) groups excluding carboxylic acids is 1. The minimum Gasteiger partial charge on any atom is -0.371 e. The van der Waals surface area contributed by atoms with Crippen LogP contribution in [0.4, 0.5) is 11.6 Å². The van der Waals surface area contributed by atoms with E-state index in [2.05, 4.69) is 56.9 Å². The number of nitrogens with two attached hydrogens (primary N) is 1. The van der Waals surface area contributed by atoms with E-state index in [1.807, 2.05) is 0 Å². The van der Waals surface area contributed by atoms with Gasteiger partial charge in [0, 0.05) is 24.8 Å². The van der Waals surface area contributed by atoms with Crippen molar-refractivity contribution >= 4 is 17.5 Å². The van der Waals surface area contributed by atoms with E-state index in [0.29, 0.717) is 0 Å². The molecule has 1 aromatic heterocycles. The number of nitrogens with one attached hydrogen (secondary N) is 1. The minimum atomic E-state index is -0.113. The summed E-state index contributed by atoms with van der Waals surface area (Å²) in [6.45, 7) is 4.01. The Morgan fingerprint density at radius 2 is 2.17 bits per heavy atom. The Labute approximate surface area is 134 Å². The van der Waals surface area contributed by atoms with E-state index in [1.165, 1.54) is 15.9 Å². The molecule has 122 valence electrons. The highest BCUT2D eigenvalue weighted by atomic mass is 16.2. The molecule has 1 aliphatic rings. The van der Waals surface area contributed by atoms with Crippen LogP contribution >= 0.6 is 0 Å². The van der Waals surface area contributed by atoms with Gasteiger partial charge in [-0.2, -0.15) is 0 Å². The highest BCUT2D eigenvalue weighted by molar-refractivity contribution is 5.76. The summed E-state index contributed by atoms with van der Waals surface area (Å²) < 4.78 is 1.29. The Kier molecular flexibility index (Phi) is 4.40. The number of tetrazole rings is 1. The zero-order chi connectivity index (χ0) is 16.2. The Morgan fingerprint density at radius 3 is 2.83 bits per heavy atom. The zero-order valence-electron chi connectivity index (χ0n) is 13.1. The van der Waals surface area contributed by atoms with E-state index < -0.39 is 0 Å². The van der Waals surface area contributed by atoms with Crippen molar-refractivity contribution in [3.8, 4) is 0 Å². The molecule has 3 N–H and O–H groups in total. The summed E-state index contributed by atoms with van der Waals surface area (Å²) >= 11 is 0. The first-order valence-corrected chi connectivity index (χ1v) is 7.74. The van der Waals surface area contributed by atoms with Gasteiger partial charge in [0.25, 0.3) is 0 Å². The quantitative estimate of drug-likeness (QED) is 0.844. The van der Waals surface area contributed by atoms with Crippen LogP contribution in [-0.2, 0) is 11.3 Å². The Hall–Kier alpha value is -2.64. The molecule has 8 nitrogen and oxygen atoms in total. The lowest BCUT2D eigenvalue weighted by molar-refractivity contribution is -0.122. The minimum absolute atomic E-state index is 0.0525. The van der Waals surface area contributed by atoms with Gasteiger partial charge in [0.15, 0.2) is 0 Å². The number of rotatable bonds is 4. The summed E-state index contributed by atoms with van der Waals surface area (Å²) in [5.74, 6) is 0.0347. The topological polar surface area (TPSA) is 102 Å². The predicted molar refractivity (Wildman–Crippen MR) is 86.8 cm³/mol. The van der Waals surface area contributed by atoms with E-state index >= 15 is 0 Å². The van der Waals surface area contributed by atoms with Crippen LogP contribution in [0.5, 0.6) is 0 Å². The second-order valence-corrected chi connectivity index (χ2v) is 5.86. The maximum absolute atomic E-state index is 12.0. The molecule has 1 saturated heterocycles. The second-order valence-electron chi connectivity index (χ2n) is 5.86. The molecule has 1 aromatic carbocycles. The summed E-state index contributed by atoms with van der Waals surface area (Å²) in [5, 5.41) is 13.7. The van der Waals surface area contributed by atoms with Crippen molar-refractivity contribution in [3.05, 3.63) is 29.8 Å². The second kappa shape index (κ2) is 6.64. The van der Waals surface area contributed by atoms with Crippen LogP contribution in [0.1, 0.15) is 18.4 Å². The standard InChI is InChI=1S/C15H21N7O/c1-11-3-2-4-13(9-11)21-7-5-12(6-8-21)17-14(23)10-22-15(16)18-19-20-22/h2-4,9,12H,5-8,10H2,1H3,(H,17,23)(H2,16,18,20). The number of hydrogen-bond donors (Lipinski definition) is 2. The van der Waals surface area contributed by atoms with Crippen LogP contribution < -0.4 is 16.0 Å². The molecule has 0 aliphatic carbocycles. The first-order chi connectivity index (χ1) is 11.1. The first kappa shape index (κ1) is 15.3. The van der Waals surface area contributed by atoms with Crippen LogP contribution in [-0.4, -0.2) is 45.2 Å². The number of piperidine rings is 1. The molecule has 3 rings (SSSR count). The number of aryl methyl sites for hydroxylation is 1. The number of nitrogens with zero attached hydrogens (tertiary/aromatic N) is 5. The fourth-order valence-corrected chi connectivity index (χ4v) is 2.84. The summed E-state index contributed by atoms with van der Waals surface area (Å²) in [4.78, 5) is 14.4. The molecule has 23 heavy (non-hydrogen) atoms. The van der Waals surface area contributed by atoms with Crippen LogP contribution in [0.3, 0.4) is 0 Å². The molecule has 8 heteroatoms. The largest absolute Gasteiger partial charge is 0.371 e. The molecule has 2 aromatic rings. The molecule has 0 unspecified atom stereocenters. The lowest BCUT2D eigenvalue weighted by atomic mass is 10.0. The van der Waals surface area contributed by atoms with Gasteiger partial charge in [-0.05, 0) is 47.9 Å². The normalized spacial score (nSPS) is 15.6. The molecule has 1 aliphatic heterocycles. The molecule has 1 fully saturated rings. The van der Waals surface area contributed by atoms with E-state index in [0.717, 1.165) is 25.9 Å². The van der Waals surface area contributed by atoms with Crippen molar-refractivity contribution in [1.82, 2.24) is 25.5 Å². The molecular formula is C15H21N7O. The molecule has 0 atom stereocenters.